The summed E-state index contributed by atoms with van der Waals surface area (Å²) in [6.07, 6.45) is 0. The van der Waals surface area contributed by atoms with Crippen LogP contribution in [0.1, 0.15) is 43.7 Å². The maximum absolute atomic E-state index is 12.0. The first kappa shape index (κ1) is 14.9. The van der Waals surface area contributed by atoms with Gasteiger partial charge in [-0.2, -0.15) is 0 Å². The fourth-order valence-electron chi connectivity index (χ4n) is 1.42. The molecule has 104 valence electrons. The lowest BCUT2D eigenvalue weighted by atomic mass is 9.90. The third-order valence-corrected chi connectivity index (χ3v) is 2.65. The van der Waals surface area contributed by atoms with E-state index in [9.17, 15) is 9.59 Å². The number of aromatic nitrogens is 1. The predicted molar refractivity (Wildman–Crippen MR) is 73.5 cm³/mol. The molecule has 6 heteroatoms. The number of nitrogens with zero attached hydrogens (tertiary/aromatic N) is 1. The molecule has 1 aromatic heterocycles. The Morgan fingerprint density at radius 2 is 1.89 bits per heavy atom. The molecule has 1 unspecified atom stereocenters. The van der Waals surface area contributed by atoms with Crippen molar-refractivity contribution < 1.29 is 9.59 Å². The Morgan fingerprint density at radius 3 is 2.37 bits per heavy atom. The van der Waals surface area contributed by atoms with Crippen LogP contribution in [0.3, 0.4) is 0 Å². The molecule has 0 aliphatic rings. The topological polar surface area (TPSA) is 111 Å². The SMILES string of the molecule is CC(NC(=O)c1cc(N)nc(C(C)(C)C)c1)C(N)=O. The van der Waals surface area contributed by atoms with Crippen molar-refractivity contribution in [3.63, 3.8) is 0 Å². The Kier molecular flexibility index (Phi) is 4.14. The maximum atomic E-state index is 12.0. The van der Waals surface area contributed by atoms with E-state index in [1.165, 1.54) is 13.0 Å². The minimum absolute atomic E-state index is 0.223. The van der Waals surface area contributed by atoms with Crippen LogP contribution < -0.4 is 16.8 Å². The Balaban J connectivity index is 3.04. The molecule has 1 atom stereocenters. The van der Waals surface area contributed by atoms with Gasteiger partial charge >= 0.3 is 0 Å². The zero-order valence-corrected chi connectivity index (χ0v) is 11.7. The molecule has 0 radical (unpaired) electrons. The summed E-state index contributed by atoms with van der Waals surface area (Å²) in [4.78, 5) is 27.1. The predicted octanol–water partition coefficient (Wildman–Crippen LogP) is 0.565. The smallest absolute Gasteiger partial charge is 0.252 e. The van der Waals surface area contributed by atoms with Gasteiger partial charge in [-0.05, 0) is 19.1 Å². The summed E-state index contributed by atoms with van der Waals surface area (Å²) >= 11 is 0. The highest BCUT2D eigenvalue weighted by molar-refractivity contribution is 5.97. The number of hydrogen-bond acceptors (Lipinski definition) is 4. The first-order chi connectivity index (χ1) is 8.61. The summed E-state index contributed by atoms with van der Waals surface area (Å²) in [5, 5.41) is 2.50. The summed E-state index contributed by atoms with van der Waals surface area (Å²) in [6, 6.07) is 2.40. The molecule has 0 aromatic carbocycles. The zero-order valence-electron chi connectivity index (χ0n) is 11.7. The van der Waals surface area contributed by atoms with Gasteiger partial charge in [-0.25, -0.2) is 4.98 Å². The lowest BCUT2D eigenvalue weighted by Gasteiger charge is -2.19. The molecule has 19 heavy (non-hydrogen) atoms. The molecule has 5 N–H and O–H groups in total. The Hall–Kier alpha value is -2.11. The maximum Gasteiger partial charge on any atom is 0.252 e. The minimum Gasteiger partial charge on any atom is -0.384 e. The average Bonchev–Trinajstić information content (AvgIpc) is 2.26. The van der Waals surface area contributed by atoms with E-state index in [4.69, 9.17) is 11.5 Å². The molecular formula is C13H20N4O2. The molecule has 6 nitrogen and oxygen atoms in total. The zero-order chi connectivity index (χ0) is 14.8. The fourth-order valence-corrected chi connectivity index (χ4v) is 1.42. The number of rotatable bonds is 3. The van der Waals surface area contributed by atoms with Gasteiger partial charge in [-0.15, -0.1) is 0 Å². The van der Waals surface area contributed by atoms with E-state index in [-0.39, 0.29) is 11.2 Å². The number of nitrogens with two attached hydrogens (primary N) is 2. The second kappa shape index (κ2) is 5.26. The molecule has 0 saturated heterocycles. The number of nitrogens with one attached hydrogen (secondary N) is 1. The van der Waals surface area contributed by atoms with Gasteiger partial charge in [-0.1, -0.05) is 20.8 Å². The van der Waals surface area contributed by atoms with E-state index in [1.807, 2.05) is 20.8 Å². The van der Waals surface area contributed by atoms with E-state index in [0.717, 1.165) is 0 Å². The molecular weight excluding hydrogens is 244 g/mol. The van der Waals surface area contributed by atoms with E-state index >= 15 is 0 Å². The summed E-state index contributed by atoms with van der Waals surface area (Å²) < 4.78 is 0. The van der Waals surface area contributed by atoms with Crippen LogP contribution in [0, 0.1) is 0 Å². The normalized spacial score (nSPS) is 12.8. The summed E-state index contributed by atoms with van der Waals surface area (Å²) in [5.41, 5.74) is 11.7. The van der Waals surface area contributed by atoms with Crippen molar-refractivity contribution in [1.82, 2.24) is 10.3 Å². The highest BCUT2D eigenvalue weighted by Crippen LogP contribution is 2.22. The van der Waals surface area contributed by atoms with Crippen molar-refractivity contribution in [1.29, 1.82) is 0 Å². The summed E-state index contributed by atoms with van der Waals surface area (Å²) in [6.45, 7) is 7.45. The Morgan fingerprint density at radius 1 is 1.32 bits per heavy atom. The number of pyridine rings is 1. The largest absolute Gasteiger partial charge is 0.384 e. The Labute approximate surface area is 112 Å². The second-order valence-electron chi connectivity index (χ2n) is 5.51. The number of hydrogen-bond donors (Lipinski definition) is 3. The molecule has 1 heterocycles. The number of nitrogen functional groups attached to an aromatic ring is 1. The number of carbonyl (C=O) groups excluding carboxylic acids is 2. The third-order valence-electron chi connectivity index (χ3n) is 2.65. The van der Waals surface area contributed by atoms with Gasteiger partial charge in [-0.3, -0.25) is 9.59 Å². The van der Waals surface area contributed by atoms with Gasteiger partial charge in [0.15, 0.2) is 0 Å². The van der Waals surface area contributed by atoms with Gasteiger partial charge in [0.05, 0.1) is 0 Å². The van der Waals surface area contributed by atoms with Crippen molar-refractivity contribution in [2.45, 2.75) is 39.2 Å². The van der Waals surface area contributed by atoms with E-state index in [0.29, 0.717) is 11.3 Å². The van der Waals surface area contributed by atoms with E-state index < -0.39 is 17.9 Å². The van der Waals surface area contributed by atoms with Crippen molar-refractivity contribution >= 4 is 17.6 Å². The number of anilines is 1. The summed E-state index contributed by atoms with van der Waals surface area (Å²) in [7, 11) is 0. The molecule has 0 fully saturated rings. The summed E-state index contributed by atoms with van der Waals surface area (Å²) in [5.74, 6) is -0.721. The molecule has 2 amide bonds. The highest BCUT2D eigenvalue weighted by Gasteiger charge is 2.20. The molecule has 0 aliphatic carbocycles. The minimum atomic E-state index is -0.736. The lowest BCUT2D eigenvalue weighted by molar-refractivity contribution is -0.119. The Bertz CT molecular complexity index is 506. The first-order valence-electron chi connectivity index (χ1n) is 5.99. The third kappa shape index (κ3) is 3.94. The van der Waals surface area contributed by atoms with Crippen LogP contribution in [0.15, 0.2) is 12.1 Å². The lowest BCUT2D eigenvalue weighted by Crippen LogP contribution is -2.42. The van der Waals surface area contributed by atoms with Gasteiger partial charge in [0.25, 0.3) is 5.91 Å². The van der Waals surface area contributed by atoms with Crippen LogP contribution in [0.25, 0.3) is 0 Å². The average molecular weight is 264 g/mol. The van der Waals surface area contributed by atoms with E-state index in [1.54, 1.807) is 6.07 Å². The van der Waals surface area contributed by atoms with Crippen LogP contribution in [0.4, 0.5) is 5.82 Å². The van der Waals surface area contributed by atoms with Gasteiger partial charge in [0, 0.05) is 16.7 Å². The van der Waals surface area contributed by atoms with Gasteiger partial charge in [0.2, 0.25) is 5.91 Å². The van der Waals surface area contributed by atoms with Gasteiger partial charge < -0.3 is 16.8 Å². The molecule has 1 rings (SSSR count). The van der Waals surface area contributed by atoms with Crippen molar-refractivity contribution in [2.75, 3.05) is 5.73 Å². The number of amides is 2. The van der Waals surface area contributed by atoms with Crippen molar-refractivity contribution in [2.24, 2.45) is 5.73 Å². The molecule has 0 aliphatic heterocycles. The molecule has 0 saturated carbocycles. The van der Waals surface area contributed by atoms with Gasteiger partial charge in [0.1, 0.15) is 11.9 Å². The first-order valence-corrected chi connectivity index (χ1v) is 5.99. The highest BCUT2D eigenvalue weighted by atomic mass is 16.2. The fraction of sp³-hybridized carbons (Fsp3) is 0.462. The van der Waals surface area contributed by atoms with Crippen LogP contribution >= 0.6 is 0 Å². The molecule has 0 bridgehead atoms. The van der Waals surface area contributed by atoms with Crippen molar-refractivity contribution in [3.8, 4) is 0 Å². The van der Waals surface area contributed by atoms with Crippen molar-refractivity contribution in [3.05, 3.63) is 23.4 Å². The van der Waals surface area contributed by atoms with Crippen LogP contribution in [-0.2, 0) is 10.2 Å². The van der Waals surface area contributed by atoms with Crippen LogP contribution in [0.5, 0.6) is 0 Å². The monoisotopic (exact) mass is 264 g/mol. The second-order valence-corrected chi connectivity index (χ2v) is 5.51. The number of primary amides is 1. The van der Waals surface area contributed by atoms with E-state index in [2.05, 4.69) is 10.3 Å². The molecule has 1 aromatic rings. The van der Waals surface area contributed by atoms with Crippen LogP contribution in [-0.4, -0.2) is 22.8 Å². The molecule has 0 spiro atoms. The van der Waals surface area contributed by atoms with Crippen LogP contribution in [0.2, 0.25) is 0 Å². The quantitative estimate of drug-likeness (QED) is 0.740. The number of carbonyl (C=O) groups is 2. The standard InChI is InChI=1S/C13H20N4O2/c1-7(11(15)18)16-12(19)8-5-9(13(2,3)4)17-10(14)6-8/h5-7H,1-4H3,(H2,14,17)(H2,15,18)(H,16,19).